The standard InChI is InChI=1S/C14H23NO4/c1-7-8-11(16)10-9-18-14(5,6)15(10)12(17)19-13(2,3)4/h1,10-11,16H,8-9H2,2-6H3/t10-,11-/m1/s1. The number of carbonyl (C=O) groups excluding carboxylic acids is 1. The van der Waals surface area contributed by atoms with Crippen LogP contribution in [0.25, 0.3) is 0 Å². The van der Waals surface area contributed by atoms with Crippen molar-refractivity contribution in [2.45, 2.75) is 64.5 Å². The molecule has 1 heterocycles. The van der Waals surface area contributed by atoms with Gasteiger partial charge in [-0.15, -0.1) is 12.3 Å². The largest absolute Gasteiger partial charge is 0.444 e. The number of nitrogens with zero attached hydrogens (tertiary/aromatic N) is 1. The molecule has 1 saturated heterocycles. The van der Waals surface area contributed by atoms with Crippen molar-refractivity contribution in [3.8, 4) is 12.3 Å². The minimum atomic E-state index is -0.820. The van der Waals surface area contributed by atoms with Crippen molar-refractivity contribution in [3.05, 3.63) is 0 Å². The highest BCUT2D eigenvalue weighted by Gasteiger charge is 2.48. The maximum absolute atomic E-state index is 12.3. The lowest BCUT2D eigenvalue weighted by molar-refractivity contribution is -0.0675. The van der Waals surface area contributed by atoms with E-state index >= 15 is 0 Å². The van der Waals surface area contributed by atoms with Crippen LogP contribution in [-0.2, 0) is 9.47 Å². The van der Waals surface area contributed by atoms with Crippen molar-refractivity contribution in [2.24, 2.45) is 0 Å². The highest BCUT2D eigenvalue weighted by molar-refractivity contribution is 5.69. The molecule has 0 aromatic heterocycles. The third-order valence-electron chi connectivity index (χ3n) is 2.88. The number of rotatable bonds is 2. The van der Waals surface area contributed by atoms with Gasteiger partial charge < -0.3 is 14.6 Å². The van der Waals surface area contributed by atoms with Crippen LogP contribution in [0.2, 0.25) is 0 Å². The van der Waals surface area contributed by atoms with Crippen LogP contribution in [-0.4, -0.2) is 46.2 Å². The third kappa shape index (κ3) is 3.85. The quantitative estimate of drug-likeness (QED) is 0.776. The predicted molar refractivity (Wildman–Crippen MR) is 71.3 cm³/mol. The average molecular weight is 269 g/mol. The Labute approximate surface area is 114 Å². The smallest absolute Gasteiger partial charge is 0.412 e. The van der Waals surface area contributed by atoms with Gasteiger partial charge in [0.2, 0.25) is 0 Å². The number of aliphatic hydroxyl groups is 1. The molecule has 108 valence electrons. The zero-order valence-electron chi connectivity index (χ0n) is 12.3. The van der Waals surface area contributed by atoms with Gasteiger partial charge in [-0.3, -0.25) is 4.90 Å². The van der Waals surface area contributed by atoms with Crippen molar-refractivity contribution >= 4 is 6.09 Å². The molecule has 1 aliphatic heterocycles. The van der Waals surface area contributed by atoms with Gasteiger partial charge in [-0.1, -0.05) is 0 Å². The van der Waals surface area contributed by atoms with E-state index < -0.39 is 29.6 Å². The van der Waals surface area contributed by atoms with Crippen LogP contribution in [0.4, 0.5) is 4.79 Å². The fourth-order valence-corrected chi connectivity index (χ4v) is 2.04. The van der Waals surface area contributed by atoms with Gasteiger partial charge >= 0.3 is 6.09 Å². The molecule has 0 aliphatic carbocycles. The van der Waals surface area contributed by atoms with Gasteiger partial charge in [0, 0.05) is 6.42 Å². The summed E-state index contributed by atoms with van der Waals surface area (Å²) in [6, 6.07) is -0.485. The molecule has 0 spiro atoms. The molecule has 0 aromatic carbocycles. The maximum atomic E-state index is 12.3. The number of carbonyl (C=O) groups is 1. The Hall–Kier alpha value is -1.25. The monoisotopic (exact) mass is 269 g/mol. The molecule has 5 nitrogen and oxygen atoms in total. The summed E-state index contributed by atoms with van der Waals surface area (Å²) in [5.74, 6) is 2.40. The molecule has 1 fully saturated rings. The lowest BCUT2D eigenvalue weighted by Gasteiger charge is -2.36. The Kier molecular flexibility index (Phi) is 4.49. The summed E-state index contributed by atoms with van der Waals surface area (Å²) in [5.41, 5.74) is -1.42. The lowest BCUT2D eigenvalue weighted by atomic mass is 10.1. The molecule has 0 aromatic rings. The van der Waals surface area contributed by atoms with Crippen molar-refractivity contribution in [1.82, 2.24) is 4.90 Å². The fraction of sp³-hybridized carbons (Fsp3) is 0.786. The Morgan fingerprint density at radius 1 is 1.63 bits per heavy atom. The maximum Gasteiger partial charge on any atom is 0.412 e. The molecule has 0 radical (unpaired) electrons. The molecule has 0 bridgehead atoms. The highest BCUT2D eigenvalue weighted by Crippen LogP contribution is 2.31. The lowest BCUT2D eigenvalue weighted by Crippen LogP contribution is -2.53. The minimum Gasteiger partial charge on any atom is -0.444 e. The second kappa shape index (κ2) is 5.40. The SMILES string of the molecule is C#CC[C@@H](O)[C@H]1COC(C)(C)N1C(=O)OC(C)(C)C. The van der Waals surface area contributed by atoms with Gasteiger partial charge in [0.25, 0.3) is 0 Å². The van der Waals surface area contributed by atoms with Crippen LogP contribution in [0, 0.1) is 12.3 Å². The van der Waals surface area contributed by atoms with Gasteiger partial charge in [0.15, 0.2) is 0 Å². The zero-order valence-corrected chi connectivity index (χ0v) is 12.3. The van der Waals surface area contributed by atoms with Crippen LogP contribution < -0.4 is 0 Å². The second-order valence-corrected chi connectivity index (χ2v) is 6.15. The van der Waals surface area contributed by atoms with Crippen LogP contribution >= 0.6 is 0 Å². The summed E-state index contributed by atoms with van der Waals surface area (Å²) in [4.78, 5) is 13.7. The second-order valence-electron chi connectivity index (χ2n) is 6.15. The van der Waals surface area contributed by atoms with Crippen LogP contribution in [0.3, 0.4) is 0 Å². The number of terminal acetylenes is 1. The number of aliphatic hydroxyl groups excluding tert-OH is 1. The molecular weight excluding hydrogens is 246 g/mol. The first-order valence-electron chi connectivity index (χ1n) is 6.36. The van der Waals surface area contributed by atoms with Gasteiger partial charge in [-0.2, -0.15) is 0 Å². The number of ether oxygens (including phenoxy) is 2. The van der Waals surface area contributed by atoms with Crippen molar-refractivity contribution in [3.63, 3.8) is 0 Å². The molecule has 1 aliphatic rings. The van der Waals surface area contributed by atoms with Gasteiger partial charge in [0.1, 0.15) is 11.3 Å². The van der Waals surface area contributed by atoms with Crippen LogP contribution in [0.15, 0.2) is 0 Å². The molecule has 0 saturated carbocycles. The van der Waals surface area contributed by atoms with Gasteiger partial charge in [0.05, 0.1) is 18.8 Å². The first kappa shape index (κ1) is 15.8. The summed E-state index contributed by atoms with van der Waals surface area (Å²) >= 11 is 0. The summed E-state index contributed by atoms with van der Waals surface area (Å²) in [6.07, 6.45) is 4.05. The normalized spacial score (nSPS) is 23.8. The summed E-state index contributed by atoms with van der Waals surface area (Å²) in [7, 11) is 0. The molecular formula is C14H23NO4. The predicted octanol–water partition coefficient (Wildman–Crippen LogP) is 1.74. The number of hydrogen-bond donors (Lipinski definition) is 1. The first-order chi connectivity index (χ1) is 8.58. The van der Waals surface area contributed by atoms with E-state index in [0.29, 0.717) is 0 Å². The first-order valence-corrected chi connectivity index (χ1v) is 6.36. The summed E-state index contributed by atoms with van der Waals surface area (Å²) in [5, 5.41) is 10.0. The van der Waals surface area contributed by atoms with Crippen LogP contribution in [0.1, 0.15) is 41.0 Å². The highest BCUT2D eigenvalue weighted by atomic mass is 16.6. The Morgan fingerprint density at radius 3 is 2.68 bits per heavy atom. The van der Waals surface area contributed by atoms with E-state index in [1.807, 2.05) is 0 Å². The third-order valence-corrected chi connectivity index (χ3v) is 2.88. The fourth-order valence-electron chi connectivity index (χ4n) is 2.04. The molecule has 0 unspecified atom stereocenters. The summed E-state index contributed by atoms with van der Waals surface area (Å²) in [6.45, 7) is 9.15. The van der Waals surface area contributed by atoms with E-state index in [0.717, 1.165) is 0 Å². The Balaban J connectivity index is 2.90. The zero-order chi connectivity index (χ0) is 14.8. The van der Waals surface area contributed by atoms with E-state index in [1.54, 1.807) is 34.6 Å². The molecule has 1 rings (SSSR count). The van der Waals surface area contributed by atoms with Crippen molar-refractivity contribution in [1.29, 1.82) is 0 Å². The molecule has 2 atom stereocenters. The van der Waals surface area contributed by atoms with Gasteiger partial charge in [-0.05, 0) is 34.6 Å². The van der Waals surface area contributed by atoms with E-state index in [4.69, 9.17) is 15.9 Å². The molecule has 5 heteroatoms. The van der Waals surface area contributed by atoms with E-state index in [9.17, 15) is 9.90 Å². The van der Waals surface area contributed by atoms with E-state index in [-0.39, 0.29) is 13.0 Å². The Morgan fingerprint density at radius 2 is 2.21 bits per heavy atom. The average Bonchev–Trinajstić information content (AvgIpc) is 2.51. The topological polar surface area (TPSA) is 59.0 Å². The molecule has 19 heavy (non-hydrogen) atoms. The summed E-state index contributed by atoms with van der Waals surface area (Å²) < 4.78 is 10.9. The molecule has 1 amide bonds. The van der Waals surface area contributed by atoms with Crippen molar-refractivity contribution < 1.29 is 19.4 Å². The van der Waals surface area contributed by atoms with E-state index in [2.05, 4.69) is 5.92 Å². The molecule has 1 N–H and O–H groups in total. The number of amides is 1. The van der Waals surface area contributed by atoms with E-state index in [1.165, 1.54) is 4.90 Å². The number of hydrogen-bond acceptors (Lipinski definition) is 4. The minimum absolute atomic E-state index is 0.170. The van der Waals surface area contributed by atoms with Crippen molar-refractivity contribution in [2.75, 3.05) is 6.61 Å². The van der Waals surface area contributed by atoms with Gasteiger partial charge in [-0.25, -0.2) is 4.79 Å². The van der Waals surface area contributed by atoms with Crippen LogP contribution in [0.5, 0.6) is 0 Å². The Bertz CT molecular complexity index is 378.